The number of rotatable bonds is 7. The average Bonchev–Trinajstić information content (AvgIpc) is 3.28. The highest BCUT2D eigenvalue weighted by molar-refractivity contribution is 5.64. The fourth-order valence-electron chi connectivity index (χ4n) is 2.33. The zero-order valence-electron chi connectivity index (χ0n) is 19.4. The average molecular weight is 590 g/mol. The van der Waals surface area contributed by atoms with Crippen LogP contribution in [0.2, 0.25) is 0 Å². The number of non-ortho nitro benzene ring substituents is 2. The minimum Gasteiger partial charge on any atom is -0.863 e. The summed E-state index contributed by atoms with van der Waals surface area (Å²) in [4.78, 5) is 55.0. The molecule has 220 valence electrons. The molecule has 0 fully saturated rings. The molecule has 0 spiro atoms. The van der Waals surface area contributed by atoms with E-state index < -0.39 is 75.2 Å². The maximum absolute atomic E-state index is 11.1. The predicted octanol–water partition coefficient (Wildman–Crippen LogP) is -2.74. The monoisotopic (exact) mass is 590 g/mol. The Kier molecular flexibility index (Phi) is 11.8. The Bertz CT molecular complexity index is 1340. The lowest BCUT2D eigenvalue weighted by molar-refractivity contribution is -0.667. The summed E-state index contributed by atoms with van der Waals surface area (Å²) in [6, 6.07) is 1.54. The molecule has 27 heteroatoms. The van der Waals surface area contributed by atoms with E-state index in [0.717, 1.165) is 0 Å². The van der Waals surface area contributed by atoms with Crippen LogP contribution in [-0.4, -0.2) is 40.1 Å². The summed E-state index contributed by atoms with van der Waals surface area (Å²) in [5, 5.41) is 89.5. The van der Waals surface area contributed by atoms with Gasteiger partial charge in [-0.1, -0.05) is 10.2 Å². The van der Waals surface area contributed by atoms with E-state index in [0.29, 0.717) is 30.2 Å². The second-order valence-electron chi connectivity index (χ2n) is 6.47. The van der Waals surface area contributed by atoms with Crippen molar-refractivity contribution in [1.82, 2.24) is 5.10 Å². The molecule has 3 aromatic rings. The number of aromatic nitrogens is 3. The number of nitrogen functional groups attached to an aromatic ring is 2. The molecular weight excluding hydrogens is 576 g/mol. The SMILES string of the molecule is NNc1[nH][nH+]c[n+]1N.O.O=[N+]([O-])c1cc([N+](=O)[O-])c([O-])c([N+](=O)[O-])c1.O=[N+]([O-])c1cc([N+](=O)[O-])c([O-])c([N+](=O)[O-])c1. The number of nitrogens with one attached hydrogen (secondary N) is 3. The van der Waals surface area contributed by atoms with Crippen LogP contribution in [0.5, 0.6) is 11.5 Å². The second-order valence-corrected chi connectivity index (χ2v) is 6.47. The molecule has 0 aliphatic carbocycles. The Morgan fingerprint density at radius 3 is 1.10 bits per heavy atom. The van der Waals surface area contributed by atoms with Crippen LogP contribution < -0.4 is 37.1 Å². The number of hydrogen-bond acceptors (Lipinski definition) is 17. The van der Waals surface area contributed by atoms with Gasteiger partial charge in [0.2, 0.25) is 0 Å². The zero-order chi connectivity index (χ0) is 30.9. The maximum Gasteiger partial charge on any atom is 0.459 e. The van der Waals surface area contributed by atoms with Crippen molar-refractivity contribution in [3.05, 3.63) is 91.3 Å². The van der Waals surface area contributed by atoms with Crippen LogP contribution >= 0.6 is 0 Å². The quantitative estimate of drug-likeness (QED) is 0.0937. The van der Waals surface area contributed by atoms with E-state index in [-0.39, 0.29) is 5.48 Å². The molecule has 0 saturated heterocycles. The highest BCUT2D eigenvalue weighted by Gasteiger charge is 2.25. The third kappa shape index (κ3) is 8.58. The van der Waals surface area contributed by atoms with Crippen LogP contribution in [0, 0.1) is 60.7 Å². The van der Waals surface area contributed by atoms with E-state index in [4.69, 9.17) is 11.7 Å². The Hall–Kier alpha value is -6.90. The van der Waals surface area contributed by atoms with Gasteiger partial charge < -0.3 is 15.7 Å². The van der Waals surface area contributed by atoms with E-state index in [1.54, 1.807) is 0 Å². The number of nitrogens with two attached hydrogens (primary N) is 2. The van der Waals surface area contributed by atoms with Crippen molar-refractivity contribution in [2.24, 2.45) is 5.84 Å². The van der Waals surface area contributed by atoms with Crippen LogP contribution in [0.4, 0.5) is 40.1 Å². The van der Waals surface area contributed by atoms with Gasteiger partial charge in [-0.05, 0) is 0 Å². The van der Waals surface area contributed by atoms with E-state index in [1.807, 2.05) is 0 Å². The Morgan fingerprint density at radius 1 is 0.659 bits per heavy atom. The lowest BCUT2D eigenvalue weighted by atomic mass is 10.2. The molecule has 9 N–H and O–H groups in total. The molecule has 0 aliphatic heterocycles. The van der Waals surface area contributed by atoms with E-state index in [9.17, 15) is 70.9 Å². The predicted molar refractivity (Wildman–Crippen MR) is 121 cm³/mol. The summed E-state index contributed by atoms with van der Waals surface area (Å²) in [5.74, 6) is 7.86. The molecule has 0 atom stereocenters. The third-order valence-electron chi connectivity index (χ3n) is 4.07. The Balaban J connectivity index is 0.000000609. The van der Waals surface area contributed by atoms with Gasteiger partial charge in [0.25, 0.3) is 34.1 Å². The molecule has 0 aliphatic rings. The highest BCUT2D eigenvalue weighted by Crippen LogP contribution is 2.37. The summed E-state index contributed by atoms with van der Waals surface area (Å²) < 4.78 is 1.29. The van der Waals surface area contributed by atoms with Crippen LogP contribution in [0.15, 0.2) is 30.6 Å². The first-order valence-corrected chi connectivity index (χ1v) is 9.32. The molecule has 27 nitrogen and oxygen atoms in total. The van der Waals surface area contributed by atoms with Gasteiger partial charge in [0.15, 0.2) is 0 Å². The largest absolute Gasteiger partial charge is 0.863 e. The van der Waals surface area contributed by atoms with Crippen LogP contribution in [0.3, 0.4) is 0 Å². The fourth-order valence-corrected chi connectivity index (χ4v) is 2.33. The molecule has 0 unspecified atom stereocenters. The maximum atomic E-state index is 11.1. The first kappa shape index (κ1) is 34.1. The number of nitro groups is 6. The van der Waals surface area contributed by atoms with Gasteiger partial charge in [-0.25, -0.2) is 11.3 Å². The Morgan fingerprint density at radius 2 is 0.951 bits per heavy atom. The van der Waals surface area contributed by atoms with Crippen molar-refractivity contribution < 1.29 is 55.0 Å². The fraction of sp³-hybridized carbons (Fsp3) is 0. The van der Waals surface area contributed by atoms with Crippen LogP contribution in [0.25, 0.3) is 0 Å². The van der Waals surface area contributed by atoms with Gasteiger partial charge in [-0.3, -0.25) is 60.7 Å². The summed E-state index contributed by atoms with van der Waals surface area (Å²) in [7, 11) is 0. The number of H-pyrrole nitrogens is 2. The van der Waals surface area contributed by atoms with Crippen molar-refractivity contribution in [2.45, 2.75) is 0 Å². The van der Waals surface area contributed by atoms with Crippen molar-refractivity contribution in [2.75, 3.05) is 11.3 Å². The molecule has 0 saturated carbocycles. The molecule has 3 rings (SSSR count). The van der Waals surface area contributed by atoms with E-state index >= 15 is 0 Å². The Labute approximate surface area is 221 Å². The summed E-state index contributed by atoms with van der Waals surface area (Å²) >= 11 is 0. The molecule has 0 radical (unpaired) electrons. The number of hydrazine groups is 1. The molecule has 41 heavy (non-hydrogen) atoms. The molecule has 0 bridgehead atoms. The molecule has 2 aromatic carbocycles. The first-order chi connectivity index (χ1) is 18.5. The normalized spacial score (nSPS) is 9.39. The van der Waals surface area contributed by atoms with Crippen molar-refractivity contribution in [3.63, 3.8) is 0 Å². The molecular formula is C14H14N12O15. The van der Waals surface area contributed by atoms with Gasteiger partial charge >= 0.3 is 12.3 Å². The number of aromatic amines is 2. The van der Waals surface area contributed by atoms with Gasteiger partial charge in [-0.2, -0.15) is 5.84 Å². The standard InChI is InChI=1S/2C6H3N3O7.C2H6N6.H2O/c2*10-6-4(8(13)14)1-3(7(11)12)2-5(6)9(15)16;3-6-2-7-5-1-8(2)4;/h2*1-2,10H;1H,3-4H2,(H,6,7);1H2. The van der Waals surface area contributed by atoms with Crippen molar-refractivity contribution in [3.8, 4) is 11.5 Å². The number of hydrogen-bond donors (Lipinski definition) is 4. The molecule has 0 amide bonds. The van der Waals surface area contributed by atoms with Gasteiger partial charge in [0, 0.05) is 4.68 Å². The summed E-state index contributed by atoms with van der Waals surface area (Å²) in [6.45, 7) is 0. The molecule has 1 heterocycles. The first-order valence-electron chi connectivity index (χ1n) is 9.32. The summed E-state index contributed by atoms with van der Waals surface area (Å²) in [5.41, 5.74) is -4.20. The van der Waals surface area contributed by atoms with Crippen molar-refractivity contribution in [1.29, 1.82) is 0 Å². The minimum absolute atomic E-state index is 0. The third-order valence-corrected chi connectivity index (χ3v) is 4.07. The summed E-state index contributed by atoms with van der Waals surface area (Å²) in [6.07, 6.45) is 1.52. The number of benzene rings is 2. The lowest BCUT2D eigenvalue weighted by Gasteiger charge is -2.06. The second kappa shape index (κ2) is 14.1. The smallest absolute Gasteiger partial charge is 0.459 e. The highest BCUT2D eigenvalue weighted by atomic mass is 16.7. The topological polar surface area (TPSA) is 434 Å². The van der Waals surface area contributed by atoms with Crippen molar-refractivity contribution >= 4 is 40.1 Å². The molecule has 1 aromatic heterocycles. The van der Waals surface area contributed by atoms with Gasteiger partial charge in [0.05, 0.1) is 65.3 Å². The lowest BCUT2D eigenvalue weighted by Crippen LogP contribution is -2.46. The number of anilines is 1. The van der Waals surface area contributed by atoms with Gasteiger partial charge in [-0.15, -0.1) is 0 Å². The number of nitro benzene ring substituents is 6. The van der Waals surface area contributed by atoms with Crippen LogP contribution in [0.1, 0.15) is 0 Å². The van der Waals surface area contributed by atoms with E-state index in [1.165, 1.54) is 11.0 Å². The zero-order valence-corrected chi connectivity index (χ0v) is 19.4. The minimum atomic E-state index is -1.46. The van der Waals surface area contributed by atoms with Crippen LogP contribution in [-0.2, 0) is 0 Å². The number of nitrogens with zero attached hydrogens (tertiary/aromatic N) is 7. The van der Waals surface area contributed by atoms with Gasteiger partial charge in [0.1, 0.15) is 0 Å². The van der Waals surface area contributed by atoms with E-state index in [2.05, 4.69) is 15.6 Å².